The second-order valence-electron chi connectivity index (χ2n) is 8.45. The number of carbonyl (C=O) groups is 2. The highest BCUT2D eigenvalue weighted by atomic mass is 35.5. The highest BCUT2D eigenvalue weighted by Gasteiger charge is 2.31. The van der Waals surface area contributed by atoms with Gasteiger partial charge in [-0.15, -0.1) is 0 Å². The van der Waals surface area contributed by atoms with Gasteiger partial charge in [-0.05, 0) is 62.6 Å². The minimum absolute atomic E-state index is 0.0177. The predicted octanol–water partition coefficient (Wildman–Crippen LogP) is 5.05. The number of sulfonamides is 1. The zero-order valence-electron chi connectivity index (χ0n) is 20.3. The van der Waals surface area contributed by atoms with Crippen LogP contribution in [-0.2, 0) is 26.2 Å². The van der Waals surface area contributed by atoms with Gasteiger partial charge in [0.2, 0.25) is 21.8 Å². The fourth-order valence-corrected chi connectivity index (χ4v) is 4.72. The fraction of sp³-hybridized carbons (Fsp3) is 0.417. The summed E-state index contributed by atoms with van der Waals surface area (Å²) in [5, 5.41) is 4.00. The number of hydrogen-bond donors (Lipinski definition) is 1. The molecule has 192 valence electrons. The molecule has 11 heteroatoms. The summed E-state index contributed by atoms with van der Waals surface area (Å²) in [5.74, 6) is -0.938. The summed E-state index contributed by atoms with van der Waals surface area (Å²) < 4.78 is 26.2. The van der Waals surface area contributed by atoms with E-state index in [2.05, 4.69) is 5.32 Å². The third kappa shape index (κ3) is 8.00. The molecular formula is C24H30Cl3N3O4S. The van der Waals surface area contributed by atoms with E-state index in [4.69, 9.17) is 34.8 Å². The summed E-state index contributed by atoms with van der Waals surface area (Å²) >= 11 is 18.5. The lowest BCUT2D eigenvalue weighted by atomic mass is 10.1. The van der Waals surface area contributed by atoms with Crippen molar-refractivity contribution in [2.75, 3.05) is 17.1 Å². The van der Waals surface area contributed by atoms with Gasteiger partial charge < -0.3 is 10.2 Å². The molecule has 0 aliphatic heterocycles. The Kier molecular flexibility index (Phi) is 10.3. The zero-order chi connectivity index (χ0) is 26.5. The molecule has 2 atom stereocenters. The predicted molar refractivity (Wildman–Crippen MR) is 143 cm³/mol. The number of nitrogens with zero attached hydrogens (tertiary/aromatic N) is 2. The van der Waals surface area contributed by atoms with Crippen molar-refractivity contribution in [1.29, 1.82) is 0 Å². The average Bonchev–Trinajstić information content (AvgIpc) is 2.77. The number of halogens is 3. The minimum Gasteiger partial charge on any atom is -0.352 e. The number of aryl methyl sites for hydroxylation is 1. The first kappa shape index (κ1) is 29.2. The smallest absolute Gasteiger partial charge is 0.244 e. The summed E-state index contributed by atoms with van der Waals surface area (Å²) in [6, 6.07) is 8.59. The van der Waals surface area contributed by atoms with Crippen LogP contribution in [0.3, 0.4) is 0 Å². The molecule has 0 fully saturated rings. The summed E-state index contributed by atoms with van der Waals surface area (Å²) in [6.45, 7) is 6.63. The Hall–Kier alpha value is -2.00. The van der Waals surface area contributed by atoms with Crippen LogP contribution in [0.4, 0.5) is 5.69 Å². The van der Waals surface area contributed by atoms with E-state index in [-0.39, 0.29) is 24.2 Å². The van der Waals surface area contributed by atoms with Crippen molar-refractivity contribution in [1.82, 2.24) is 10.2 Å². The van der Waals surface area contributed by atoms with E-state index in [1.54, 1.807) is 44.2 Å². The molecule has 2 aromatic carbocycles. The van der Waals surface area contributed by atoms with Crippen LogP contribution in [0.15, 0.2) is 36.4 Å². The van der Waals surface area contributed by atoms with Gasteiger partial charge in [0.15, 0.2) is 0 Å². The maximum absolute atomic E-state index is 13.5. The number of nitrogens with one attached hydrogen (secondary N) is 1. The van der Waals surface area contributed by atoms with Crippen molar-refractivity contribution in [3.8, 4) is 0 Å². The molecule has 0 saturated heterocycles. The third-order valence-electron chi connectivity index (χ3n) is 5.65. The van der Waals surface area contributed by atoms with Gasteiger partial charge in [0, 0.05) is 27.7 Å². The molecule has 1 N–H and O–H groups in total. The molecule has 0 bridgehead atoms. The second kappa shape index (κ2) is 12.3. The quantitative estimate of drug-likeness (QED) is 0.439. The molecular weight excluding hydrogens is 533 g/mol. The Morgan fingerprint density at radius 1 is 1.03 bits per heavy atom. The van der Waals surface area contributed by atoms with Gasteiger partial charge in [-0.2, -0.15) is 0 Å². The van der Waals surface area contributed by atoms with Gasteiger partial charge in [0.25, 0.3) is 0 Å². The van der Waals surface area contributed by atoms with Gasteiger partial charge in [-0.25, -0.2) is 8.42 Å². The summed E-state index contributed by atoms with van der Waals surface area (Å²) in [4.78, 5) is 27.8. The standard InChI is InChI=1S/C24H30Cl3N3O4S/c1-6-16(3)28-24(32)17(4)29(13-18-8-9-19(25)11-22(18)27)23(31)14-30(35(5,33)34)20-10-7-15(2)21(26)12-20/h7-12,16-17H,6,13-14H2,1-5H3,(H,28,32)/t16-,17-/m1/s1. The molecule has 0 saturated carbocycles. The van der Waals surface area contributed by atoms with Crippen LogP contribution in [0.1, 0.15) is 38.3 Å². The maximum Gasteiger partial charge on any atom is 0.244 e. The van der Waals surface area contributed by atoms with Gasteiger partial charge in [-0.1, -0.05) is 53.9 Å². The van der Waals surface area contributed by atoms with E-state index in [1.165, 1.54) is 11.0 Å². The molecule has 0 radical (unpaired) electrons. The summed E-state index contributed by atoms with van der Waals surface area (Å²) in [6.07, 6.45) is 1.72. The molecule has 0 aromatic heterocycles. The van der Waals surface area contributed by atoms with E-state index >= 15 is 0 Å². The van der Waals surface area contributed by atoms with Crippen molar-refractivity contribution in [2.24, 2.45) is 0 Å². The molecule has 35 heavy (non-hydrogen) atoms. The lowest BCUT2D eigenvalue weighted by Crippen LogP contribution is -2.52. The fourth-order valence-electron chi connectivity index (χ4n) is 3.23. The first-order chi connectivity index (χ1) is 16.2. The number of benzene rings is 2. The monoisotopic (exact) mass is 561 g/mol. The van der Waals surface area contributed by atoms with Crippen molar-refractivity contribution in [2.45, 2.75) is 52.7 Å². The molecule has 0 spiro atoms. The van der Waals surface area contributed by atoms with Crippen molar-refractivity contribution in [3.05, 3.63) is 62.6 Å². The Balaban J connectivity index is 2.44. The highest BCUT2D eigenvalue weighted by molar-refractivity contribution is 7.92. The van der Waals surface area contributed by atoms with Crippen LogP contribution < -0.4 is 9.62 Å². The molecule has 7 nitrogen and oxygen atoms in total. The summed E-state index contributed by atoms with van der Waals surface area (Å²) in [7, 11) is -3.85. The van der Waals surface area contributed by atoms with Gasteiger partial charge in [0.1, 0.15) is 12.6 Å². The van der Waals surface area contributed by atoms with E-state index in [9.17, 15) is 18.0 Å². The lowest BCUT2D eigenvalue weighted by Gasteiger charge is -2.32. The first-order valence-corrected chi connectivity index (χ1v) is 14.0. The van der Waals surface area contributed by atoms with Crippen LogP contribution in [0.25, 0.3) is 0 Å². The molecule has 2 amide bonds. The van der Waals surface area contributed by atoms with Crippen LogP contribution in [0, 0.1) is 6.92 Å². The van der Waals surface area contributed by atoms with Crippen LogP contribution in [0.2, 0.25) is 15.1 Å². The Morgan fingerprint density at radius 3 is 2.23 bits per heavy atom. The van der Waals surface area contributed by atoms with E-state index < -0.39 is 28.5 Å². The SMILES string of the molecule is CC[C@@H](C)NC(=O)[C@@H](C)N(Cc1ccc(Cl)cc1Cl)C(=O)CN(c1ccc(C)c(Cl)c1)S(C)(=O)=O. The van der Waals surface area contributed by atoms with Gasteiger partial charge in [0.05, 0.1) is 11.9 Å². The molecule has 2 aromatic rings. The number of anilines is 1. The average molecular weight is 563 g/mol. The van der Waals surface area contributed by atoms with E-state index in [0.717, 1.165) is 16.1 Å². The topological polar surface area (TPSA) is 86.8 Å². The maximum atomic E-state index is 13.5. The highest BCUT2D eigenvalue weighted by Crippen LogP contribution is 2.26. The van der Waals surface area contributed by atoms with Crippen LogP contribution in [-0.4, -0.2) is 50.0 Å². The van der Waals surface area contributed by atoms with E-state index in [0.29, 0.717) is 27.1 Å². The largest absolute Gasteiger partial charge is 0.352 e. The minimum atomic E-state index is -3.85. The molecule has 0 unspecified atom stereocenters. The third-order valence-corrected chi connectivity index (χ3v) is 7.78. The molecule has 0 aliphatic carbocycles. The van der Waals surface area contributed by atoms with Crippen molar-refractivity contribution >= 4 is 62.3 Å². The number of carbonyl (C=O) groups excluding carboxylic acids is 2. The molecule has 0 heterocycles. The van der Waals surface area contributed by atoms with Crippen molar-refractivity contribution in [3.63, 3.8) is 0 Å². The Morgan fingerprint density at radius 2 is 1.69 bits per heavy atom. The van der Waals surface area contributed by atoms with Gasteiger partial charge >= 0.3 is 0 Å². The Bertz CT molecular complexity index is 1190. The lowest BCUT2D eigenvalue weighted by molar-refractivity contribution is -0.139. The second-order valence-corrected chi connectivity index (χ2v) is 11.6. The molecule has 0 aliphatic rings. The number of hydrogen-bond acceptors (Lipinski definition) is 4. The van der Waals surface area contributed by atoms with Gasteiger partial charge in [-0.3, -0.25) is 13.9 Å². The Labute approximate surface area is 222 Å². The van der Waals surface area contributed by atoms with Crippen LogP contribution in [0.5, 0.6) is 0 Å². The van der Waals surface area contributed by atoms with Crippen molar-refractivity contribution < 1.29 is 18.0 Å². The first-order valence-electron chi connectivity index (χ1n) is 11.0. The van der Waals surface area contributed by atoms with Crippen LogP contribution >= 0.6 is 34.8 Å². The normalized spacial score (nSPS) is 13.1. The number of amides is 2. The molecule has 2 rings (SSSR count). The van der Waals surface area contributed by atoms with E-state index in [1.807, 2.05) is 13.8 Å². The number of rotatable bonds is 10. The zero-order valence-corrected chi connectivity index (χ0v) is 23.4. The summed E-state index contributed by atoms with van der Waals surface area (Å²) in [5.41, 5.74) is 1.58.